The van der Waals surface area contributed by atoms with Crippen LogP contribution in [0.5, 0.6) is 0 Å². The van der Waals surface area contributed by atoms with Crippen molar-refractivity contribution in [2.75, 3.05) is 20.7 Å². The molecular formula is C15H22N2O3S2. The molecule has 1 heterocycles. The lowest BCUT2D eigenvalue weighted by molar-refractivity contribution is 0.349. The number of sulfonamides is 1. The predicted molar refractivity (Wildman–Crippen MR) is 90.7 cm³/mol. The smallest absolute Gasteiger partial charge is 0.293 e. The second kappa shape index (κ2) is 7.39. The van der Waals surface area contributed by atoms with Crippen molar-refractivity contribution in [1.82, 2.24) is 4.90 Å². The fourth-order valence-electron chi connectivity index (χ4n) is 2.46. The third kappa shape index (κ3) is 4.41. The fourth-order valence-corrected chi connectivity index (χ4v) is 4.69. The van der Waals surface area contributed by atoms with Crippen LogP contribution < -0.4 is 0 Å². The highest BCUT2D eigenvalue weighted by Gasteiger charge is 2.18. The summed E-state index contributed by atoms with van der Waals surface area (Å²) < 4.78 is 28.0. The van der Waals surface area contributed by atoms with Crippen molar-refractivity contribution in [1.29, 1.82) is 0 Å². The van der Waals surface area contributed by atoms with Gasteiger partial charge in [0.1, 0.15) is 10.5 Å². The molecule has 2 rings (SSSR count). The average molecular weight is 342 g/mol. The average Bonchev–Trinajstić information content (AvgIpc) is 3.14. The summed E-state index contributed by atoms with van der Waals surface area (Å²) in [5, 5.41) is 9.58. The van der Waals surface area contributed by atoms with Crippen molar-refractivity contribution in [3.8, 4) is 0 Å². The monoisotopic (exact) mass is 342 g/mol. The van der Waals surface area contributed by atoms with Gasteiger partial charge in [-0.05, 0) is 36.5 Å². The number of hydrogen-bond donors (Lipinski definition) is 1. The van der Waals surface area contributed by atoms with Crippen molar-refractivity contribution in [2.24, 2.45) is 10.3 Å². The lowest BCUT2D eigenvalue weighted by Crippen LogP contribution is -2.09. The number of allylic oxidation sites excluding steroid dienone is 1. The molecule has 0 amide bonds. The second-order valence-corrected chi connectivity index (χ2v) is 8.62. The van der Waals surface area contributed by atoms with Gasteiger partial charge in [0, 0.05) is 19.0 Å². The molecule has 0 atom stereocenters. The first-order valence-corrected chi connectivity index (χ1v) is 9.56. The molecule has 1 N–H and O–H groups in total. The molecule has 5 nitrogen and oxygen atoms in total. The molecule has 1 aromatic heterocycles. The molecule has 122 valence electrons. The first-order chi connectivity index (χ1) is 10.4. The molecule has 1 aromatic rings. The van der Waals surface area contributed by atoms with Gasteiger partial charge in [0.2, 0.25) is 0 Å². The quantitative estimate of drug-likeness (QED) is 0.637. The van der Waals surface area contributed by atoms with Crippen LogP contribution in [0.2, 0.25) is 0 Å². The Labute approximate surface area is 136 Å². The van der Waals surface area contributed by atoms with Crippen molar-refractivity contribution in [3.63, 3.8) is 0 Å². The first kappa shape index (κ1) is 17.2. The van der Waals surface area contributed by atoms with E-state index in [4.69, 9.17) is 0 Å². The van der Waals surface area contributed by atoms with Gasteiger partial charge in [0.15, 0.2) is 0 Å². The highest BCUT2D eigenvalue weighted by atomic mass is 32.2. The van der Waals surface area contributed by atoms with Gasteiger partial charge in [-0.2, -0.15) is 8.42 Å². The Morgan fingerprint density at radius 2 is 2.09 bits per heavy atom. The van der Waals surface area contributed by atoms with Crippen molar-refractivity contribution in [3.05, 3.63) is 23.1 Å². The third-order valence-corrected chi connectivity index (χ3v) is 6.43. The van der Waals surface area contributed by atoms with E-state index in [1.165, 1.54) is 19.2 Å². The van der Waals surface area contributed by atoms with Gasteiger partial charge < -0.3 is 10.0 Å². The number of thiophene rings is 1. The number of hydrogen-bond acceptors (Lipinski definition) is 4. The topological polar surface area (TPSA) is 70.0 Å². The van der Waals surface area contributed by atoms with Gasteiger partial charge in [-0.25, -0.2) is 0 Å². The zero-order chi connectivity index (χ0) is 16.2. The Balaban J connectivity index is 2.22. The molecule has 0 aromatic carbocycles. The van der Waals surface area contributed by atoms with E-state index in [1.54, 1.807) is 31.1 Å². The molecule has 22 heavy (non-hydrogen) atoms. The number of aliphatic hydroxyl groups excluding tert-OH is 1. The van der Waals surface area contributed by atoms with Crippen molar-refractivity contribution < 1.29 is 13.5 Å². The van der Waals surface area contributed by atoms with Gasteiger partial charge in [0.05, 0.1) is 6.61 Å². The van der Waals surface area contributed by atoms with Crippen LogP contribution in [0.1, 0.15) is 30.6 Å². The molecule has 0 radical (unpaired) electrons. The highest BCUT2D eigenvalue weighted by molar-refractivity contribution is 7.92. The van der Waals surface area contributed by atoms with Gasteiger partial charge in [-0.1, -0.05) is 18.9 Å². The van der Waals surface area contributed by atoms with Crippen molar-refractivity contribution >= 4 is 33.3 Å². The van der Waals surface area contributed by atoms with Crippen LogP contribution in [-0.4, -0.2) is 45.5 Å². The Bertz CT molecular complexity index is 654. The molecule has 1 aliphatic carbocycles. The van der Waals surface area contributed by atoms with Gasteiger partial charge in [-0.15, -0.1) is 15.7 Å². The summed E-state index contributed by atoms with van der Waals surface area (Å²) in [6, 6.07) is 3.31. The Morgan fingerprint density at radius 3 is 2.68 bits per heavy atom. The Kier molecular flexibility index (Phi) is 5.77. The molecule has 0 aliphatic heterocycles. The van der Waals surface area contributed by atoms with E-state index in [9.17, 15) is 13.5 Å². The fraction of sp³-hybridized carbons (Fsp3) is 0.533. The van der Waals surface area contributed by atoms with Crippen LogP contribution in [0, 0.1) is 5.92 Å². The zero-order valence-electron chi connectivity index (χ0n) is 12.9. The molecule has 7 heteroatoms. The van der Waals surface area contributed by atoms with Crippen LogP contribution >= 0.6 is 11.3 Å². The van der Waals surface area contributed by atoms with Crippen molar-refractivity contribution in [2.45, 2.75) is 29.9 Å². The van der Waals surface area contributed by atoms with E-state index < -0.39 is 10.0 Å². The zero-order valence-corrected chi connectivity index (χ0v) is 14.5. The van der Waals surface area contributed by atoms with E-state index in [0.29, 0.717) is 5.92 Å². The van der Waals surface area contributed by atoms with E-state index in [-0.39, 0.29) is 10.8 Å². The maximum Gasteiger partial charge on any atom is 0.293 e. The molecule has 0 saturated heterocycles. The lowest BCUT2D eigenvalue weighted by atomic mass is 10.0. The van der Waals surface area contributed by atoms with Gasteiger partial charge in [-0.3, -0.25) is 0 Å². The Hall–Kier alpha value is -1.18. The predicted octanol–water partition coefficient (Wildman–Crippen LogP) is 2.59. The molecular weight excluding hydrogens is 320 g/mol. The van der Waals surface area contributed by atoms with Crippen LogP contribution in [-0.2, 0) is 10.0 Å². The van der Waals surface area contributed by atoms with E-state index in [0.717, 1.165) is 34.6 Å². The van der Waals surface area contributed by atoms with E-state index >= 15 is 0 Å². The SMILES string of the molecule is CN(C)C=NS(=O)(=O)c1ccc(/C(=C\C2CCCC2)CO)s1. The Morgan fingerprint density at radius 1 is 1.41 bits per heavy atom. The van der Waals surface area contributed by atoms with E-state index in [2.05, 4.69) is 10.5 Å². The van der Waals surface area contributed by atoms with Gasteiger partial charge >= 0.3 is 0 Å². The summed E-state index contributed by atoms with van der Waals surface area (Å²) >= 11 is 1.16. The largest absolute Gasteiger partial charge is 0.392 e. The summed E-state index contributed by atoms with van der Waals surface area (Å²) in [6.45, 7) is -0.0720. The van der Waals surface area contributed by atoms with Crippen LogP contribution in [0.25, 0.3) is 5.57 Å². The molecule has 1 aliphatic rings. The summed E-state index contributed by atoms with van der Waals surface area (Å²) in [5.74, 6) is 0.496. The standard InChI is InChI=1S/C15H22N2O3S2/c1-17(2)11-16-22(19,20)15-8-7-14(21-15)13(10-18)9-12-5-3-4-6-12/h7-9,11-12,18H,3-6,10H2,1-2H3/b13-9-,16-11?. The lowest BCUT2D eigenvalue weighted by Gasteiger charge is -2.06. The number of nitrogens with zero attached hydrogens (tertiary/aromatic N) is 2. The summed E-state index contributed by atoms with van der Waals surface area (Å²) in [6.07, 6.45) is 8.11. The summed E-state index contributed by atoms with van der Waals surface area (Å²) in [4.78, 5) is 2.37. The molecule has 0 bridgehead atoms. The first-order valence-electron chi connectivity index (χ1n) is 7.31. The number of aliphatic hydroxyl groups is 1. The minimum absolute atomic E-state index is 0.0720. The maximum atomic E-state index is 12.1. The molecule has 0 spiro atoms. The maximum absolute atomic E-state index is 12.1. The summed E-state index contributed by atoms with van der Waals surface area (Å²) in [5.41, 5.74) is 0.815. The third-order valence-electron chi connectivity index (χ3n) is 3.58. The molecule has 1 fully saturated rings. The second-order valence-electron chi connectivity index (χ2n) is 5.67. The van der Waals surface area contributed by atoms with Crippen LogP contribution in [0.15, 0.2) is 26.8 Å². The minimum atomic E-state index is -3.67. The highest BCUT2D eigenvalue weighted by Crippen LogP contribution is 2.32. The van der Waals surface area contributed by atoms with Crippen LogP contribution in [0.3, 0.4) is 0 Å². The van der Waals surface area contributed by atoms with Crippen LogP contribution in [0.4, 0.5) is 0 Å². The normalized spacial score (nSPS) is 17.5. The minimum Gasteiger partial charge on any atom is -0.392 e. The van der Waals surface area contributed by atoms with Gasteiger partial charge in [0.25, 0.3) is 10.0 Å². The van der Waals surface area contributed by atoms with E-state index in [1.807, 2.05) is 0 Å². The molecule has 1 saturated carbocycles. The number of rotatable bonds is 6. The summed E-state index contributed by atoms with van der Waals surface area (Å²) in [7, 11) is -0.235. The molecule has 0 unspecified atom stereocenters.